The Balaban J connectivity index is 2.33. The topological polar surface area (TPSA) is 0 Å². The highest BCUT2D eigenvalue weighted by molar-refractivity contribution is 6.21. The van der Waals surface area contributed by atoms with Crippen LogP contribution < -0.4 is 0 Å². The molecule has 0 N–H and O–H groups in total. The van der Waals surface area contributed by atoms with Crippen LogP contribution in [0.5, 0.6) is 0 Å². The van der Waals surface area contributed by atoms with E-state index < -0.39 is 0 Å². The van der Waals surface area contributed by atoms with Crippen molar-refractivity contribution in [1.82, 2.24) is 0 Å². The Kier molecular flexibility index (Phi) is 5.18. The monoisotopic (exact) mass is 292 g/mol. The molecule has 112 valence electrons. The van der Waals surface area contributed by atoms with Crippen molar-refractivity contribution in [3.8, 4) is 0 Å². The smallest absolute Gasteiger partial charge is 0.0621 e. The fraction of sp³-hybridized carbons (Fsp3) is 0.684. The molecule has 0 radical (unpaired) electrons. The lowest BCUT2D eigenvalue weighted by atomic mass is 9.66. The first kappa shape index (κ1) is 15.9. The van der Waals surface area contributed by atoms with Crippen LogP contribution in [0.4, 0.5) is 0 Å². The number of aryl methyl sites for hydroxylation is 2. The fourth-order valence-electron chi connectivity index (χ4n) is 3.72. The van der Waals surface area contributed by atoms with Crippen LogP contribution in [0.1, 0.15) is 75.4 Å². The number of alkyl halides is 1. The Hall–Kier alpha value is -0.490. The van der Waals surface area contributed by atoms with Crippen LogP contribution in [0.15, 0.2) is 18.2 Å². The third-order valence-corrected chi connectivity index (χ3v) is 5.78. The molecule has 20 heavy (non-hydrogen) atoms. The first-order valence-electron chi connectivity index (χ1n) is 8.25. The quantitative estimate of drug-likeness (QED) is 0.571. The molecular formula is C19H29Cl. The lowest BCUT2D eigenvalue weighted by Gasteiger charge is -2.41. The summed E-state index contributed by atoms with van der Waals surface area (Å²) in [7, 11) is 0. The van der Waals surface area contributed by atoms with E-state index in [1.54, 1.807) is 0 Å². The summed E-state index contributed by atoms with van der Waals surface area (Å²) in [6.45, 7) is 9.27. The number of halogens is 1. The number of hydrogen-bond acceptors (Lipinski definition) is 0. The van der Waals surface area contributed by atoms with Gasteiger partial charge in [-0.3, -0.25) is 0 Å². The third-order valence-electron chi connectivity index (χ3n) is 5.24. The van der Waals surface area contributed by atoms with Gasteiger partial charge in [0.2, 0.25) is 0 Å². The molecule has 1 saturated carbocycles. The molecule has 2 atom stereocenters. The summed E-state index contributed by atoms with van der Waals surface area (Å²) >= 11 is 6.98. The highest BCUT2D eigenvalue weighted by Gasteiger charge is 2.37. The highest BCUT2D eigenvalue weighted by atomic mass is 35.5. The molecule has 0 spiro atoms. The standard InChI is InChI=1S/C19H29Cl/c1-5-14-10-11-15(6-2)16(13-14)18(20)17-9-7-8-12-19(17,3)4/h10-11,13,17-18H,5-9,12H2,1-4H3. The molecule has 1 aliphatic rings. The molecule has 1 fully saturated rings. The van der Waals surface area contributed by atoms with E-state index in [1.165, 1.54) is 42.4 Å². The predicted octanol–water partition coefficient (Wildman–Crippen LogP) is 6.31. The molecule has 0 amide bonds. The SMILES string of the molecule is CCc1ccc(CC)c(C(Cl)C2CCCCC2(C)C)c1. The van der Waals surface area contributed by atoms with E-state index in [0.717, 1.165) is 12.8 Å². The Bertz CT molecular complexity index is 447. The maximum atomic E-state index is 6.98. The van der Waals surface area contributed by atoms with Gasteiger partial charge in [0, 0.05) is 0 Å². The average Bonchev–Trinajstić information content (AvgIpc) is 2.45. The molecule has 1 heteroatoms. The van der Waals surface area contributed by atoms with Crippen molar-refractivity contribution >= 4 is 11.6 Å². The van der Waals surface area contributed by atoms with Gasteiger partial charge in [0.25, 0.3) is 0 Å². The van der Waals surface area contributed by atoms with Gasteiger partial charge >= 0.3 is 0 Å². The summed E-state index contributed by atoms with van der Waals surface area (Å²) in [5.41, 5.74) is 4.62. The molecule has 0 bridgehead atoms. The van der Waals surface area contributed by atoms with Crippen LogP contribution in [-0.2, 0) is 12.8 Å². The van der Waals surface area contributed by atoms with E-state index in [4.69, 9.17) is 11.6 Å². The normalized spacial score (nSPS) is 23.6. The predicted molar refractivity (Wildman–Crippen MR) is 89.5 cm³/mol. The van der Waals surface area contributed by atoms with Crippen LogP contribution in [0.25, 0.3) is 0 Å². The lowest BCUT2D eigenvalue weighted by molar-refractivity contribution is 0.133. The van der Waals surface area contributed by atoms with Gasteiger partial charge in [-0.15, -0.1) is 11.6 Å². The molecule has 0 saturated heterocycles. The van der Waals surface area contributed by atoms with Crippen LogP contribution in [0.2, 0.25) is 0 Å². The van der Waals surface area contributed by atoms with Crippen LogP contribution in [0.3, 0.4) is 0 Å². The maximum Gasteiger partial charge on any atom is 0.0621 e. The second kappa shape index (κ2) is 6.52. The molecule has 0 aliphatic heterocycles. The average molecular weight is 293 g/mol. The summed E-state index contributed by atoms with van der Waals surface area (Å²) in [5.74, 6) is 0.607. The van der Waals surface area contributed by atoms with Crippen LogP contribution in [-0.4, -0.2) is 0 Å². The van der Waals surface area contributed by atoms with Gasteiger partial charge in [-0.2, -0.15) is 0 Å². The van der Waals surface area contributed by atoms with E-state index in [2.05, 4.69) is 45.9 Å². The third kappa shape index (κ3) is 3.22. The van der Waals surface area contributed by atoms with Crippen molar-refractivity contribution < 1.29 is 0 Å². The molecule has 1 aliphatic carbocycles. The summed E-state index contributed by atoms with van der Waals surface area (Å²) in [6.07, 6.45) is 7.47. The fourth-order valence-corrected chi connectivity index (χ4v) is 4.39. The van der Waals surface area contributed by atoms with E-state index in [-0.39, 0.29) is 5.38 Å². The minimum absolute atomic E-state index is 0.173. The Labute approximate surface area is 129 Å². The zero-order chi connectivity index (χ0) is 14.8. The molecule has 0 aromatic heterocycles. The zero-order valence-corrected chi connectivity index (χ0v) is 14.3. The molecule has 2 rings (SSSR count). The van der Waals surface area contributed by atoms with E-state index in [0.29, 0.717) is 11.3 Å². The van der Waals surface area contributed by atoms with Gasteiger partial charge < -0.3 is 0 Å². The van der Waals surface area contributed by atoms with Crippen molar-refractivity contribution in [2.45, 2.75) is 71.6 Å². The number of hydrogen-bond donors (Lipinski definition) is 0. The molecular weight excluding hydrogens is 264 g/mol. The van der Waals surface area contributed by atoms with Gasteiger partial charge in [0.1, 0.15) is 0 Å². The summed E-state index contributed by atoms with van der Waals surface area (Å²) in [4.78, 5) is 0. The van der Waals surface area contributed by atoms with Crippen LogP contribution >= 0.6 is 11.6 Å². The van der Waals surface area contributed by atoms with Crippen LogP contribution in [0, 0.1) is 11.3 Å². The Morgan fingerprint density at radius 3 is 2.55 bits per heavy atom. The summed E-state index contributed by atoms with van der Waals surface area (Å²) < 4.78 is 0. The minimum atomic E-state index is 0.173. The number of benzene rings is 1. The second-order valence-electron chi connectivity index (χ2n) is 6.98. The van der Waals surface area contributed by atoms with Gasteiger partial charge in [-0.25, -0.2) is 0 Å². The van der Waals surface area contributed by atoms with Crippen molar-refractivity contribution in [3.63, 3.8) is 0 Å². The Morgan fingerprint density at radius 1 is 1.20 bits per heavy atom. The molecule has 2 unspecified atom stereocenters. The van der Waals surface area contributed by atoms with Gasteiger partial charge in [-0.05, 0) is 53.7 Å². The second-order valence-corrected chi connectivity index (χ2v) is 7.45. The minimum Gasteiger partial charge on any atom is -0.117 e. The molecule has 1 aromatic carbocycles. The lowest BCUT2D eigenvalue weighted by Crippen LogP contribution is -2.31. The van der Waals surface area contributed by atoms with E-state index in [9.17, 15) is 0 Å². The maximum absolute atomic E-state index is 6.98. The summed E-state index contributed by atoms with van der Waals surface area (Å²) in [6, 6.07) is 6.92. The van der Waals surface area contributed by atoms with Gasteiger partial charge in [0.05, 0.1) is 5.38 Å². The van der Waals surface area contributed by atoms with Gasteiger partial charge in [-0.1, -0.05) is 58.7 Å². The van der Waals surface area contributed by atoms with E-state index >= 15 is 0 Å². The van der Waals surface area contributed by atoms with Gasteiger partial charge in [0.15, 0.2) is 0 Å². The largest absolute Gasteiger partial charge is 0.117 e. The zero-order valence-electron chi connectivity index (χ0n) is 13.5. The highest BCUT2D eigenvalue weighted by Crippen LogP contribution is 2.50. The van der Waals surface area contributed by atoms with Crippen molar-refractivity contribution in [2.24, 2.45) is 11.3 Å². The number of rotatable bonds is 4. The molecule has 0 nitrogen and oxygen atoms in total. The first-order valence-corrected chi connectivity index (χ1v) is 8.69. The van der Waals surface area contributed by atoms with E-state index in [1.807, 2.05) is 0 Å². The first-order chi connectivity index (χ1) is 9.49. The summed E-state index contributed by atoms with van der Waals surface area (Å²) in [5, 5.41) is 0.173. The van der Waals surface area contributed by atoms with Crippen molar-refractivity contribution in [1.29, 1.82) is 0 Å². The molecule has 0 heterocycles. The van der Waals surface area contributed by atoms with Crippen molar-refractivity contribution in [3.05, 3.63) is 34.9 Å². The van der Waals surface area contributed by atoms with Crippen molar-refractivity contribution in [2.75, 3.05) is 0 Å². The molecule has 1 aromatic rings. The Morgan fingerprint density at radius 2 is 1.95 bits per heavy atom.